The van der Waals surface area contributed by atoms with Gasteiger partial charge >= 0.3 is 0 Å². The molecule has 0 aliphatic heterocycles. The van der Waals surface area contributed by atoms with Gasteiger partial charge in [-0.1, -0.05) is 43.0 Å². The average molecular weight is 411 g/mol. The number of carbonyl (C=O) groups is 1. The molecule has 0 aliphatic carbocycles. The SMILES string of the molecule is C=C(NC(=O)c1ccccc1)Nc1ccc(-c2cc3ccccc3[nH]c2=O)c(OC)c1. The van der Waals surface area contributed by atoms with Crippen LogP contribution < -0.4 is 20.9 Å². The number of anilines is 1. The smallest absolute Gasteiger partial charge is 0.256 e. The minimum absolute atomic E-state index is 0.197. The van der Waals surface area contributed by atoms with Gasteiger partial charge in [-0.15, -0.1) is 0 Å². The third-order valence-electron chi connectivity index (χ3n) is 4.84. The number of pyridine rings is 1. The number of ether oxygens (including phenoxy) is 1. The van der Waals surface area contributed by atoms with E-state index in [1.54, 1.807) is 49.6 Å². The first-order valence-electron chi connectivity index (χ1n) is 9.68. The summed E-state index contributed by atoms with van der Waals surface area (Å²) in [4.78, 5) is 27.8. The third-order valence-corrected chi connectivity index (χ3v) is 4.84. The number of H-pyrrole nitrogens is 1. The van der Waals surface area contributed by atoms with E-state index in [1.165, 1.54) is 0 Å². The highest BCUT2D eigenvalue weighted by atomic mass is 16.5. The van der Waals surface area contributed by atoms with E-state index < -0.39 is 0 Å². The summed E-state index contributed by atoms with van der Waals surface area (Å²) in [7, 11) is 1.55. The van der Waals surface area contributed by atoms with Gasteiger partial charge in [-0.05, 0) is 41.8 Å². The molecule has 3 aromatic carbocycles. The number of carbonyl (C=O) groups excluding carboxylic acids is 1. The molecule has 154 valence electrons. The number of amides is 1. The third kappa shape index (κ3) is 4.33. The topological polar surface area (TPSA) is 83.2 Å². The molecule has 0 saturated carbocycles. The van der Waals surface area contributed by atoms with Crippen molar-refractivity contribution in [3.05, 3.63) is 107 Å². The van der Waals surface area contributed by atoms with E-state index in [1.807, 2.05) is 36.4 Å². The molecule has 0 radical (unpaired) electrons. The van der Waals surface area contributed by atoms with Crippen LogP contribution in [0, 0.1) is 0 Å². The summed E-state index contributed by atoms with van der Waals surface area (Å²) < 4.78 is 5.53. The highest BCUT2D eigenvalue weighted by Crippen LogP contribution is 2.32. The Kier molecular flexibility index (Phi) is 5.53. The maximum atomic E-state index is 12.6. The van der Waals surface area contributed by atoms with Gasteiger partial charge in [-0.25, -0.2) is 0 Å². The predicted octanol–water partition coefficient (Wildman–Crippen LogP) is 4.52. The first-order valence-corrected chi connectivity index (χ1v) is 9.68. The van der Waals surface area contributed by atoms with Crippen LogP contribution in [0.25, 0.3) is 22.0 Å². The first kappa shape index (κ1) is 20.0. The maximum absolute atomic E-state index is 12.6. The Bertz CT molecular complexity index is 1330. The van der Waals surface area contributed by atoms with Crippen LogP contribution in [0.3, 0.4) is 0 Å². The number of rotatable bonds is 6. The molecular formula is C25H21N3O3. The zero-order valence-electron chi connectivity index (χ0n) is 16.9. The molecule has 4 rings (SSSR count). The standard InChI is InChI=1S/C25H21N3O3/c1-16(27-24(29)17-8-4-3-5-9-17)26-19-12-13-20(23(15-19)31-2)21-14-18-10-6-7-11-22(18)28-25(21)30/h3-15,26H,1H2,2H3,(H,27,29)(H,28,30). The summed E-state index contributed by atoms with van der Waals surface area (Å²) in [5.41, 5.74) is 2.96. The summed E-state index contributed by atoms with van der Waals surface area (Å²) in [6, 6.07) is 23.7. The van der Waals surface area contributed by atoms with E-state index in [0.29, 0.717) is 33.9 Å². The van der Waals surface area contributed by atoms with E-state index >= 15 is 0 Å². The molecule has 1 amide bonds. The number of hydrogen-bond donors (Lipinski definition) is 3. The number of hydrogen-bond acceptors (Lipinski definition) is 4. The van der Waals surface area contributed by atoms with Gasteiger partial charge in [0, 0.05) is 28.4 Å². The lowest BCUT2D eigenvalue weighted by atomic mass is 10.0. The molecule has 6 heteroatoms. The van der Waals surface area contributed by atoms with Crippen molar-refractivity contribution in [1.29, 1.82) is 0 Å². The van der Waals surface area contributed by atoms with Crippen LogP contribution in [0.15, 0.2) is 96.1 Å². The lowest BCUT2D eigenvalue weighted by Crippen LogP contribution is -2.26. The van der Waals surface area contributed by atoms with Crippen LogP contribution in [0.1, 0.15) is 10.4 Å². The lowest BCUT2D eigenvalue weighted by molar-refractivity contribution is 0.0966. The first-order chi connectivity index (χ1) is 15.0. The molecule has 0 spiro atoms. The summed E-state index contributed by atoms with van der Waals surface area (Å²) in [6.45, 7) is 3.86. The second-order valence-corrected chi connectivity index (χ2v) is 6.94. The maximum Gasteiger partial charge on any atom is 0.256 e. The second kappa shape index (κ2) is 8.59. The van der Waals surface area contributed by atoms with Gasteiger partial charge in [0.2, 0.25) is 0 Å². The molecule has 0 atom stereocenters. The van der Waals surface area contributed by atoms with Gasteiger partial charge < -0.3 is 20.4 Å². The molecule has 0 aliphatic rings. The van der Waals surface area contributed by atoms with Crippen molar-refractivity contribution in [1.82, 2.24) is 10.3 Å². The number of benzene rings is 3. The number of aromatic nitrogens is 1. The van der Waals surface area contributed by atoms with Gasteiger partial charge in [0.15, 0.2) is 0 Å². The van der Waals surface area contributed by atoms with Crippen molar-refractivity contribution in [2.45, 2.75) is 0 Å². The van der Waals surface area contributed by atoms with Crippen molar-refractivity contribution < 1.29 is 9.53 Å². The minimum Gasteiger partial charge on any atom is -0.496 e. The van der Waals surface area contributed by atoms with Crippen molar-refractivity contribution in [2.24, 2.45) is 0 Å². The second-order valence-electron chi connectivity index (χ2n) is 6.94. The Morgan fingerprint density at radius 1 is 0.935 bits per heavy atom. The fraction of sp³-hybridized carbons (Fsp3) is 0.0400. The Hall–Kier alpha value is -4.32. The monoisotopic (exact) mass is 411 g/mol. The Morgan fingerprint density at radius 3 is 2.45 bits per heavy atom. The van der Waals surface area contributed by atoms with Crippen LogP contribution in [0.2, 0.25) is 0 Å². The Balaban J connectivity index is 1.57. The Labute approximate surface area is 179 Å². The van der Waals surface area contributed by atoms with Gasteiger partial charge in [-0.2, -0.15) is 0 Å². The number of methoxy groups -OCH3 is 1. The summed E-state index contributed by atoms with van der Waals surface area (Å²) in [5, 5.41) is 6.69. The predicted molar refractivity (Wildman–Crippen MR) is 123 cm³/mol. The number of aromatic amines is 1. The largest absolute Gasteiger partial charge is 0.496 e. The fourth-order valence-corrected chi connectivity index (χ4v) is 3.34. The van der Waals surface area contributed by atoms with E-state index in [4.69, 9.17) is 4.74 Å². The molecule has 0 fully saturated rings. The van der Waals surface area contributed by atoms with E-state index in [-0.39, 0.29) is 11.5 Å². The quantitative estimate of drug-likeness (QED) is 0.436. The van der Waals surface area contributed by atoms with E-state index in [2.05, 4.69) is 22.2 Å². The highest BCUT2D eigenvalue weighted by molar-refractivity contribution is 5.95. The molecule has 3 N–H and O–H groups in total. The van der Waals surface area contributed by atoms with Crippen molar-refractivity contribution in [2.75, 3.05) is 12.4 Å². The van der Waals surface area contributed by atoms with Crippen molar-refractivity contribution in [3.63, 3.8) is 0 Å². The molecular weight excluding hydrogens is 390 g/mol. The minimum atomic E-state index is -0.260. The van der Waals surface area contributed by atoms with Crippen LogP contribution in [0.4, 0.5) is 5.69 Å². The molecule has 6 nitrogen and oxygen atoms in total. The van der Waals surface area contributed by atoms with Crippen LogP contribution in [-0.4, -0.2) is 18.0 Å². The normalized spacial score (nSPS) is 10.5. The zero-order valence-corrected chi connectivity index (χ0v) is 16.9. The van der Waals surface area contributed by atoms with E-state index in [9.17, 15) is 9.59 Å². The number of fused-ring (bicyclic) bond motifs is 1. The van der Waals surface area contributed by atoms with Crippen LogP contribution in [-0.2, 0) is 0 Å². The van der Waals surface area contributed by atoms with Gasteiger partial charge in [-0.3, -0.25) is 9.59 Å². The van der Waals surface area contributed by atoms with Crippen molar-refractivity contribution in [3.8, 4) is 16.9 Å². The number of nitrogens with one attached hydrogen (secondary N) is 3. The van der Waals surface area contributed by atoms with Gasteiger partial charge in [0.25, 0.3) is 11.5 Å². The lowest BCUT2D eigenvalue weighted by Gasteiger charge is -2.14. The highest BCUT2D eigenvalue weighted by Gasteiger charge is 2.13. The van der Waals surface area contributed by atoms with Crippen LogP contribution in [0.5, 0.6) is 5.75 Å². The molecule has 0 bridgehead atoms. The molecule has 0 unspecified atom stereocenters. The van der Waals surface area contributed by atoms with Crippen molar-refractivity contribution >= 4 is 22.5 Å². The summed E-state index contributed by atoms with van der Waals surface area (Å²) >= 11 is 0. The van der Waals surface area contributed by atoms with Gasteiger partial charge in [0.1, 0.15) is 11.6 Å². The average Bonchev–Trinajstić information content (AvgIpc) is 2.79. The molecule has 1 aromatic heterocycles. The molecule has 4 aromatic rings. The summed E-state index contributed by atoms with van der Waals surface area (Å²) in [6.07, 6.45) is 0. The van der Waals surface area contributed by atoms with E-state index in [0.717, 1.165) is 10.9 Å². The van der Waals surface area contributed by atoms with Crippen LogP contribution >= 0.6 is 0 Å². The molecule has 31 heavy (non-hydrogen) atoms. The zero-order chi connectivity index (χ0) is 21.8. The molecule has 1 heterocycles. The molecule has 0 saturated heterocycles. The Morgan fingerprint density at radius 2 is 1.68 bits per heavy atom. The van der Waals surface area contributed by atoms with Gasteiger partial charge in [0.05, 0.1) is 12.7 Å². The number of para-hydroxylation sites is 1. The summed E-state index contributed by atoms with van der Waals surface area (Å²) in [5.74, 6) is 0.588. The fourth-order valence-electron chi connectivity index (χ4n) is 3.34.